The first-order chi connectivity index (χ1) is 9.78. The lowest BCUT2D eigenvalue weighted by Crippen LogP contribution is -2.51. The molecule has 2 aliphatic rings. The van der Waals surface area contributed by atoms with Crippen molar-refractivity contribution in [3.63, 3.8) is 0 Å². The Morgan fingerprint density at radius 3 is 2.81 bits per heavy atom. The van der Waals surface area contributed by atoms with Gasteiger partial charge in [0.1, 0.15) is 11.9 Å². The van der Waals surface area contributed by atoms with Crippen molar-refractivity contribution < 1.29 is 28.8 Å². The second-order valence-corrected chi connectivity index (χ2v) is 4.83. The molecule has 5 N–H and O–H groups in total. The maximum atomic E-state index is 14.1. The molecule has 0 aromatic rings. The van der Waals surface area contributed by atoms with Gasteiger partial charge in [0.25, 0.3) is 0 Å². The fourth-order valence-electron chi connectivity index (χ4n) is 2.24. The van der Waals surface area contributed by atoms with Gasteiger partial charge in [-0.05, 0) is 12.5 Å². The smallest absolute Gasteiger partial charge is 0.319 e. The zero-order valence-electron chi connectivity index (χ0n) is 11.0. The molecule has 2 heterocycles. The first-order valence-corrected chi connectivity index (χ1v) is 6.26. The Morgan fingerprint density at radius 1 is 1.57 bits per heavy atom. The first kappa shape index (κ1) is 15.8. The van der Waals surface area contributed by atoms with Crippen LogP contribution in [0, 0.1) is 0 Å². The Morgan fingerprint density at radius 2 is 2.24 bits per heavy atom. The van der Waals surface area contributed by atoms with Crippen molar-refractivity contribution in [2.75, 3.05) is 0 Å². The summed E-state index contributed by atoms with van der Waals surface area (Å²) >= 11 is 0. The van der Waals surface area contributed by atoms with E-state index in [0.29, 0.717) is 0 Å². The quantitative estimate of drug-likeness (QED) is 0.501. The summed E-state index contributed by atoms with van der Waals surface area (Å²) in [5, 5.41) is 29.1. The fraction of sp³-hybridized carbons (Fsp3) is 0.583. The van der Waals surface area contributed by atoms with E-state index in [9.17, 15) is 24.1 Å². The number of halogens is 2. The maximum absolute atomic E-state index is 14.1. The third-order valence-electron chi connectivity index (χ3n) is 3.33. The average molecular weight is 305 g/mol. The number of aliphatic hydroxyl groups is 3. The second kappa shape index (κ2) is 5.68. The summed E-state index contributed by atoms with van der Waals surface area (Å²) in [6.45, 7) is 3.38. The number of ether oxygens (including phenoxy) is 1. The van der Waals surface area contributed by atoms with Gasteiger partial charge in [-0.25, -0.2) is 4.99 Å². The van der Waals surface area contributed by atoms with Crippen molar-refractivity contribution in [2.45, 2.75) is 43.2 Å². The minimum atomic E-state index is -3.71. The van der Waals surface area contributed by atoms with Gasteiger partial charge in [0.15, 0.2) is 6.10 Å². The minimum absolute atomic E-state index is 0.0198. The van der Waals surface area contributed by atoms with Crippen molar-refractivity contribution in [3.8, 4) is 0 Å². The number of hydrogen-bond acceptors (Lipinski definition) is 7. The van der Waals surface area contributed by atoms with Crippen molar-refractivity contribution >= 4 is 5.84 Å². The van der Waals surface area contributed by atoms with Crippen molar-refractivity contribution in [1.82, 2.24) is 4.90 Å². The summed E-state index contributed by atoms with van der Waals surface area (Å²) in [7, 11) is 0. The Bertz CT molecular complexity index is 471. The third kappa shape index (κ3) is 2.77. The highest BCUT2D eigenvalue weighted by Crippen LogP contribution is 2.40. The topological polar surface area (TPSA) is 112 Å². The van der Waals surface area contributed by atoms with Crippen LogP contribution in [0.25, 0.3) is 0 Å². The van der Waals surface area contributed by atoms with E-state index in [1.54, 1.807) is 0 Å². The SMILES string of the molecule is C=CCC(O)[C@H]1O[C@@H](N2C=CC(N)=NC2O)C(F)(F)[C@@H]1O. The zero-order valence-corrected chi connectivity index (χ0v) is 11.0. The van der Waals surface area contributed by atoms with Crippen molar-refractivity contribution in [2.24, 2.45) is 10.7 Å². The highest BCUT2D eigenvalue weighted by Gasteiger charge is 2.62. The lowest BCUT2D eigenvalue weighted by molar-refractivity contribution is -0.187. The number of amidine groups is 1. The molecule has 2 aliphatic heterocycles. The van der Waals surface area contributed by atoms with E-state index in [0.717, 1.165) is 11.1 Å². The Labute approximate surface area is 119 Å². The Kier molecular flexibility index (Phi) is 4.28. The van der Waals surface area contributed by atoms with E-state index in [-0.39, 0.29) is 12.3 Å². The Hall–Kier alpha value is -1.55. The molecule has 0 aromatic carbocycles. The molecule has 0 radical (unpaired) electrons. The van der Waals surface area contributed by atoms with Gasteiger partial charge >= 0.3 is 5.92 Å². The molecular formula is C12H17F2N3O4. The number of nitrogens with two attached hydrogens (primary N) is 1. The molecule has 118 valence electrons. The molecule has 0 aromatic heterocycles. The van der Waals surface area contributed by atoms with Crippen LogP contribution in [0.1, 0.15) is 6.42 Å². The highest BCUT2D eigenvalue weighted by molar-refractivity contribution is 5.91. The van der Waals surface area contributed by atoms with Crippen LogP contribution in [-0.4, -0.2) is 62.9 Å². The number of aliphatic hydroxyl groups excluding tert-OH is 3. The molecule has 1 saturated heterocycles. The maximum Gasteiger partial charge on any atom is 0.319 e. The van der Waals surface area contributed by atoms with Gasteiger partial charge in [0.2, 0.25) is 12.6 Å². The van der Waals surface area contributed by atoms with E-state index >= 15 is 0 Å². The molecule has 5 atom stereocenters. The molecule has 7 nitrogen and oxygen atoms in total. The van der Waals surface area contributed by atoms with Gasteiger partial charge < -0.3 is 30.7 Å². The molecular weight excluding hydrogens is 288 g/mol. The van der Waals surface area contributed by atoms with Crippen molar-refractivity contribution in [1.29, 1.82) is 0 Å². The van der Waals surface area contributed by atoms with E-state index in [1.807, 2.05) is 0 Å². The van der Waals surface area contributed by atoms with Gasteiger partial charge in [-0.3, -0.25) is 0 Å². The zero-order chi connectivity index (χ0) is 15.8. The van der Waals surface area contributed by atoms with Crippen LogP contribution in [0.4, 0.5) is 8.78 Å². The van der Waals surface area contributed by atoms with Crippen LogP contribution < -0.4 is 5.73 Å². The van der Waals surface area contributed by atoms with E-state index < -0.39 is 36.8 Å². The summed E-state index contributed by atoms with van der Waals surface area (Å²) in [5.41, 5.74) is 5.34. The largest absolute Gasteiger partial charge is 0.390 e. The summed E-state index contributed by atoms with van der Waals surface area (Å²) in [6, 6.07) is 0. The average Bonchev–Trinajstić information content (AvgIpc) is 2.62. The fourth-order valence-corrected chi connectivity index (χ4v) is 2.24. The van der Waals surface area contributed by atoms with E-state index in [4.69, 9.17) is 10.5 Å². The third-order valence-corrected chi connectivity index (χ3v) is 3.33. The van der Waals surface area contributed by atoms with Crippen LogP contribution in [-0.2, 0) is 4.74 Å². The van der Waals surface area contributed by atoms with Gasteiger partial charge in [-0.2, -0.15) is 8.78 Å². The lowest BCUT2D eigenvalue weighted by Gasteiger charge is -2.34. The predicted molar refractivity (Wildman–Crippen MR) is 69.0 cm³/mol. The van der Waals surface area contributed by atoms with E-state index in [1.165, 1.54) is 12.2 Å². The number of rotatable bonds is 4. The molecule has 9 heteroatoms. The summed E-state index contributed by atoms with van der Waals surface area (Å²) in [5.74, 6) is -3.73. The highest BCUT2D eigenvalue weighted by atomic mass is 19.3. The van der Waals surface area contributed by atoms with Crippen LogP contribution in [0.2, 0.25) is 0 Å². The lowest BCUT2D eigenvalue weighted by atomic mass is 10.0. The second-order valence-electron chi connectivity index (χ2n) is 4.83. The van der Waals surface area contributed by atoms with Gasteiger partial charge in [-0.15, -0.1) is 6.58 Å². The molecule has 0 spiro atoms. The molecule has 21 heavy (non-hydrogen) atoms. The summed E-state index contributed by atoms with van der Waals surface area (Å²) < 4.78 is 33.3. The van der Waals surface area contributed by atoms with Crippen LogP contribution in [0.3, 0.4) is 0 Å². The van der Waals surface area contributed by atoms with Crippen LogP contribution in [0.5, 0.6) is 0 Å². The Balaban J connectivity index is 2.21. The number of nitrogens with zero attached hydrogens (tertiary/aromatic N) is 2. The molecule has 2 rings (SSSR count). The minimum Gasteiger partial charge on any atom is -0.390 e. The van der Waals surface area contributed by atoms with Gasteiger partial charge in [0.05, 0.1) is 6.10 Å². The van der Waals surface area contributed by atoms with Crippen LogP contribution in [0.15, 0.2) is 29.9 Å². The van der Waals surface area contributed by atoms with Gasteiger partial charge in [-0.1, -0.05) is 6.08 Å². The van der Waals surface area contributed by atoms with Crippen LogP contribution >= 0.6 is 0 Å². The molecule has 1 fully saturated rings. The summed E-state index contributed by atoms with van der Waals surface area (Å²) in [4.78, 5) is 4.24. The monoisotopic (exact) mass is 305 g/mol. The number of aliphatic imine (C=N–C) groups is 1. The van der Waals surface area contributed by atoms with Gasteiger partial charge in [0, 0.05) is 6.20 Å². The van der Waals surface area contributed by atoms with E-state index in [2.05, 4.69) is 11.6 Å². The molecule has 0 aliphatic carbocycles. The summed E-state index contributed by atoms with van der Waals surface area (Å²) in [6.07, 6.45) is -5.08. The molecule has 0 bridgehead atoms. The number of hydrogen-bond donors (Lipinski definition) is 4. The molecule has 0 saturated carbocycles. The molecule has 0 amide bonds. The predicted octanol–water partition coefficient (Wildman–Crippen LogP) is -0.893. The van der Waals surface area contributed by atoms with Crippen molar-refractivity contribution in [3.05, 3.63) is 24.9 Å². The standard InChI is InChI=1S/C12H17F2N3O4/c1-2-3-6(18)8-9(19)12(13,14)10(21-8)17-5-4-7(15)16-11(17)20/h2,4-6,8-11,18-20H,1,3H2,(H2,15,16)/t6?,8-,9-,10-,11?/m1/s1. The number of alkyl halides is 2. The first-order valence-electron chi connectivity index (χ1n) is 6.26. The molecule has 2 unspecified atom stereocenters. The normalized spacial score (nSPS) is 36.4.